The van der Waals surface area contributed by atoms with Gasteiger partial charge in [-0.25, -0.2) is 0 Å². The summed E-state index contributed by atoms with van der Waals surface area (Å²) in [5.74, 6) is 0.531. The first kappa shape index (κ1) is 16.5. The molecule has 0 saturated heterocycles. The molecule has 3 nitrogen and oxygen atoms in total. The lowest BCUT2D eigenvalue weighted by Gasteiger charge is -2.19. The summed E-state index contributed by atoms with van der Waals surface area (Å²) in [6.07, 6.45) is 4.86. The minimum Gasteiger partial charge on any atom is -0.348 e. The number of nitrogens with two attached hydrogens (primary N) is 1. The molecule has 19 heavy (non-hydrogen) atoms. The molecule has 1 aliphatic carbocycles. The molecule has 1 aromatic rings. The second-order valence-corrected chi connectivity index (χ2v) is 6.08. The third-order valence-corrected chi connectivity index (χ3v) is 4.78. The Kier molecular flexibility index (Phi) is 6.83. The lowest BCUT2D eigenvalue weighted by Crippen LogP contribution is -2.33. The molecule has 5 heteroatoms. The Morgan fingerprint density at radius 3 is 2.89 bits per heavy atom. The Morgan fingerprint density at radius 2 is 2.37 bits per heavy atom. The fourth-order valence-corrected chi connectivity index (χ4v) is 3.54. The van der Waals surface area contributed by atoms with Gasteiger partial charge in [-0.05, 0) is 36.6 Å². The number of hydrogen-bond donors (Lipinski definition) is 2. The Balaban J connectivity index is 0.00000180. The van der Waals surface area contributed by atoms with Crippen LogP contribution in [0.4, 0.5) is 0 Å². The predicted molar refractivity (Wildman–Crippen MR) is 82.7 cm³/mol. The highest BCUT2D eigenvalue weighted by Gasteiger charge is 2.26. The van der Waals surface area contributed by atoms with Crippen molar-refractivity contribution >= 4 is 29.7 Å². The van der Waals surface area contributed by atoms with Gasteiger partial charge >= 0.3 is 0 Å². The average molecular weight is 303 g/mol. The van der Waals surface area contributed by atoms with E-state index in [0.29, 0.717) is 12.3 Å². The molecule has 1 heterocycles. The minimum absolute atomic E-state index is 0. The first-order chi connectivity index (χ1) is 8.70. The van der Waals surface area contributed by atoms with Gasteiger partial charge < -0.3 is 11.1 Å². The summed E-state index contributed by atoms with van der Waals surface area (Å²) in [6.45, 7) is 2.10. The quantitative estimate of drug-likeness (QED) is 0.877. The summed E-state index contributed by atoms with van der Waals surface area (Å²) in [5, 5.41) is 5.19. The van der Waals surface area contributed by atoms with Gasteiger partial charge in [-0.1, -0.05) is 19.4 Å². The molecule has 108 valence electrons. The van der Waals surface area contributed by atoms with E-state index in [1.165, 1.54) is 11.3 Å². The molecule has 1 aliphatic rings. The van der Waals surface area contributed by atoms with Crippen LogP contribution in [0.3, 0.4) is 0 Å². The number of carbonyl (C=O) groups excluding carboxylic acids is 1. The number of nitrogens with one attached hydrogen (secondary N) is 1. The summed E-state index contributed by atoms with van der Waals surface area (Å²) in [4.78, 5) is 13.3. The molecule has 0 radical (unpaired) electrons. The second-order valence-electron chi connectivity index (χ2n) is 5.10. The molecule has 0 bridgehead atoms. The van der Waals surface area contributed by atoms with Crippen LogP contribution >= 0.6 is 23.7 Å². The molecule has 3 atom stereocenters. The first-order valence-corrected chi connectivity index (χ1v) is 7.67. The largest absolute Gasteiger partial charge is 0.348 e. The van der Waals surface area contributed by atoms with Crippen LogP contribution in [0.25, 0.3) is 0 Å². The normalized spacial score (nSPS) is 23.7. The van der Waals surface area contributed by atoms with E-state index in [1.54, 1.807) is 11.3 Å². The van der Waals surface area contributed by atoms with Gasteiger partial charge in [0.25, 0.3) is 0 Å². The van der Waals surface area contributed by atoms with Crippen LogP contribution in [0.2, 0.25) is 0 Å². The topological polar surface area (TPSA) is 55.1 Å². The maximum atomic E-state index is 12.0. The molecule has 3 N–H and O–H groups in total. The van der Waals surface area contributed by atoms with E-state index in [1.807, 2.05) is 6.07 Å². The Bertz CT molecular complexity index is 383. The molecule has 1 saturated carbocycles. The number of carbonyl (C=O) groups is 1. The Hall–Kier alpha value is -0.580. The van der Waals surface area contributed by atoms with Gasteiger partial charge in [-0.2, -0.15) is 0 Å². The standard InChI is InChI=1S/C14H22N2OS.ClH/c1-2-12(13-7-4-8-18-13)16-14(17)9-10-5-3-6-11(10)15;/h4,7-8,10-12H,2-3,5-6,9,15H2,1H3,(H,16,17);1H/t10-,11+,12?;/m0./s1. The molecule has 1 aromatic heterocycles. The van der Waals surface area contributed by atoms with Crippen LogP contribution in [0.5, 0.6) is 0 Å². The van der Waals surface area contributed by atoms with Crippen molar-refractivity contribution in [2.24, 2.45) is 11.7 Å². The van der Waals surface area contributed by atoms with Crippen molar-refractivity contribution in [3.63, 3.8) is 0 Å². The zero-order valence-corrected chi connectivity index (χ0v) is 12.9. The van der Waals surface area contributed by atoms with Gasteiger partial charge in [0, 0.05) is 17.3 Å². The molecular formula is C14H23ClN2OS. The zero-order chi connectivity index (χ0) is 13.0. The molecule has 0 aromatic carbocycles. The molecule has 1 amide bonds. The second kappa shape index (κ2) is 7.88. The molecule has 0 aliphatic heterocycles. The smallest absolute Gasteiger partial charge is 0.220 e. The molecule has 2 rings (SSSR count). The average Bonchev–Trinajstić information content (AvgIpc) is 2.99. The van der Waals surface area contributed by atoms with Gasteiger partial charge in [-0.3, -0.25) is 4.79 Å². The molecule has 1 fully saturated rings. The van der Waals surface area contributed by atoms with Crippen LogP contribution in [0.15, 0.2) is 17.5 Å². The van der Waals surface area contributed by atoms with Gasteiger partial charge in [-0.15, -0.1) is 23.7 Å². The van der Waals surface area contributed by atoms with Crippen LogP contribution in [0, 0.1) is 5.92 Å². The number of thiophene rings is 1. The summed E-state index contributed by atoms with van der Waals surface area (Å²) in [5.41, 5.74) is 6.01. The maximum absolute atomic E-state index is 12.0. The lowest BCUT2D eigenvalue weighted by atomic mass is 9.99. The lowest BCUT2D eigenvalue weighted by molar-refractivity contribution is -0.122. The Morgan fingerprint density at radius 1 is 1.58 bits per heavy atom. The SMILES string of the molecule is CCC(NC(=O)C[C@@H]1CCC[C@H]1N)c1cccs1.Cl. The first-order valence-electron chi connectivity index (χ1n) is 6.79. The predicted octanol–water partition coefficient (Wildman–Crippen LogP) is 3.25. The highest BCUT2D eigenvalue weighted by molar-refractivity contribution is 7.10. The third kappa shape index (κ3) is 4.48. The van der Waals surface area contributed by atoms with E-state index in [2.05, 4.69) is 23.7 Å². The van der Waals surface area contributed by atoms with Crippen LogP contribution in [-0.4, -0.2) is 11.9 Å². The van der Waals surface area contributed by atoms with E-state index < -0.39 is 0 Å². The van der Waals surface area contributed by atoms with Crippen molar-refractivity contribution in [2.75, 3.05) is 0 Å². The van der Waals surface area contributed by atoms with Crippen molar-refractivity contribution in [1.82, 2.24) is 5.32 Å². The zero-order valence-electron chi connectivity index (χ0n) is 11.3. The highest BCUT2D eigenvalue weighted by atomic mass is 35.5. The summed E-state index contributed by atoms with van der Waals surface area (Å²) in [6, 6.07) is 4.50. The minimum atomic E-state index is 0. The summed E-state index contributed by atoms with van der Waals surface area (Å²) in [7, 11) is 0. The Labute approximate surface area is 125 Å². The van der Waals surface area contributed by atoms with Crippen LogP contribution < -0.4 is 11.1 Å². The van der Waals surface area contributed by atoms with Gasteiger partial charge in [0.15, 0.2) is 0 Å². The number of rotatable bonds is 5. The van der Waals surface area contributed by atoms with Crippen LogP contribution in [-0.2, 0) is 4.79 Å². The van der Waals surface area contributed by atoms with Crippen molar-refractivity contribution in [3.05, 3.63) is 22.4 Å². The van der Waals surface area contributed by atoms with Crippen molar-refractivity contribution < 1.29 is 4.79 Å². The fraction of sp³-hybridized carbons (Fsp3) is 0.643. The molecule has 1 unspecified atom stereocenters. The monoisotopic (exact) mass is 302 g/mol. The van der Waals surface area contributed by atoms with E-state index in [4.69, 9.17) is 5.73 Å². The number of halogens is 1. The third-order valence-electron chi connectivity index (χ3n) is 3.80. The van der Waals surface area contributed by atoms with E-state index in [9.17, 15) is 4.79 Å². The van der Waals surface area contributed by atoms with E-state index in [-0.39, 0.29) is 30.4 Å². The highest BCUT2D eigenvalue weighted by Crippen LogP contribution is 2.27. The van der Waals surface area contributed by atoms with Gasteiger partial charge in [0.2, 0.25) is 5.91 Å². The van der Waals surface area contributed by atoms with Crippen molar-refractivity contribution in [3.8, 4) is 0 Å². The van der Waals surface area contributed by atoms with Crippen molar-refractivity contribution in [2.45, 2.75) is 51.1 Å². The van der Waals surface area contributed by atoms with Gasteiger partial charge in [0.05, 0.1) is 6.04 Å². The molecular weight excluding hydrogens is 280 g/mol. The maximum Gasteiger partial charge on any atom is 0.220 e. The summed E-state index contributed by atoms with van der Waals surface area (Å²) < 4.78 is 0. The van der Waals surface area contributed by atoms with E-state index >= 15 is 0 Å². The molecule has 0 spiro atoms. The van der Waals surface area contributed by atoms with Crippen molar-refractivity contribution in [1.29, 1.82) is 0 Å². The van der Waals surface area contributed by atoms with E-state index in [0.717, 1.165) is 19.3 Å². The fourth-order valence-electron chi connectivity index (χ4n) is 2.67. The summed E-state index contributed by atoms with van der Waals surface area (Å²) >= 11 is 1.70. The number of amides is 1. The number of hydrogen-bond acceptors (Lipinski definition) is 3. The van der Waals surface area contributed by atoms with Crippen LogP contribution in [0.1, 0.15) is 49.9 Å². The van der Waals surface area contributed by atoms with Gasteiger partial charge in [0.1, 0.15) is 0 Å².